The molecule has 0 N–H and O–H groups in total. The van der Waals surface area contributed by atoms with Gasteiger partial charge in [-0.2, -0.15) is 0 Å². The summed E-state index contributed by atoms with van der Waals surface area (Å²) in [5, 5.41) is 0. The van der Waals surface area contributed by atoms with E-state index < -0.39 is 0 Å². The summed E-state index contributed by atoms with van der Waals surface area (Å²) in [6, 6.07) is 64.5. The number of rotatable bonds is 6. The van der Waals surface area contributed by atoms with Crippen molar-refractivity contribution in [1.82, 2.24) is 0 Å². The van der Waals surface area contributed by atoms with Crippen LogP contribution in [-0.2, 0) is 0 Å². The van der Waals surface area contributed by atoms with Crippen molar-refractivity contribution in [1.29, 1.82) is 0 Å². The second-order valence-corrected chi connectivity index (χ2v) is 10.3. The van der Waals surface area contributed by atoms with Crippen LogP contribution in [0.15, 0.2) is 182 Å². The van der Waals surface area contributed by atoms with Gasteiger partial charge in [-0.15, -0.1) is 0 Å². The van der Waals surface area contributed by atoms with Gasteiger partial charge in [0.2, 0.25) is 0 Å². The van der Waals surface area contributed by atoms with Crippen molar-refractivity contribution in [2.24, 2.45) is 0 Å². The number of hydrogen-bond acceptors (Lipinski definition) is 4. The lowest BCUT2D eigenvalue weighted by atomic mass is 9.57. The Morgan fingerprint density at radius 2 is 0.429 bits per heavy atom. The van der Waals surface area contributed by atoms with Gasteiger partial charge in [0.25, 0.3) is 0 Å². The lowest BCUT2D eigenvalue weighted by Crippen LogP contribution is -2.84. The van der Waals surface area contributed by atoms with Crippen LogP contribution in [0.2, 0.25) is 0 Å². The summed E-state index contributed by atoms with van der Waals surface area (Å²) in [6.45, 7) is -0.423. The van der Waals surface area contributed by atoms with Crippen LogP contribution in [0, 0.1) is 0 Å². The molecule has 6 aromatic carbocycles. The molecule has 1 aliphatic heterocycles. The lowest BCUT2D eigenvalue weighted by Gasteiger charge is -2.59. The molecule has 4 nitrogen and oxygen atoms in total. The van der Waals surface area contributed by atoms with E-state index in [1.165, 1.54) is 10.9 Å². The highest BCUT2D eigenvalue weighted by molar-refractivity contribution is 6.91. The maximum atomic E-state index is 2.45. The standard InChI is InChI=1S/C36H30B2N4/c1-7-19-31(20-8-1)37-39(33-23-11-3-12-24-33)41(35-27-15-5-16-28-35)38(32-21-9-2-10-22-32)42(36-29-17-6-18-30-36)40(37)34-25-13-4-14-26-34/h1-30H. The average molecular weight is 540 g/mol. The van der Waals surface area contributed by atoms with E-state index in [4.69, 9.17) is 0 Å². The van der Waals surface area contributed by atoms with E-state index >= 15 is 0 Å². The molecule has 6 aromatic rings. The summed E-state index contributed by atoms with van der Waals surface area (Å²) in [6.07, 6.45) is 0. The van der Waals surface area contributed by atoms with E-state index in [-0.39, 0.29) is 14.0 Å². The fourth-order valence-corrected chi connectivity index (χ4v) is 5.88. The molecule has 0 atom stereocenters. The normalized spacial score (nSPS) is 13.4. The first-order valence-corrected chi connectivity index (χ1v) is 14.4. The molecule has 200 valence electrons. The van der Waals surface area contributed by atoms with Crippen molar-refractivity contribution >= 4 is 47.6 Å². The highest BCUT2D eigenvalue weighted by atomic mass is 15.7. The van der Waals surface area contributed by atoms with Gasteiger partial charge in [-0.3, -0.25) is 0 Å². The first kappa shape index (κ1) is 25.6. The van der Waals surface area contributed by atoms with Gasteiger partial charge in [-0.25, -0.2) is 0 Å². The Morgan fingerprint density at radius 1 is 0.238 bits per heavy atom. The molecule has 0 aromatic heterocycles. The second-order valence-electron chi connectivity index (χ2n) is 10.3. The van der Waals surface area contributed by atoms with E-state index in [0.29, 0.717) is 0 Å². The predicted octanol–water partition coefficient (Wildman–Crippen LogP) is 6.65. The van der Waals surface area contributed by atoms with Crippen molar-refractivity contribution in [3.05, 3.63) is 182 Å². The lowest BCUT2D eigenvalue weighted by molar-refractivity contribution is 0.957. The van der Waals surface area contributed by atoms with Crippen LogP contribution in [-0.4, -0.2) is 14.0 Å². The van der Waals surface area contributed by atoms with Crippen LogP contribution in [0.4, 0.5) is 22.7 Å². The largest absolute Gasteiger partial charge is 0.449 e. The zero-order chi connectivity index (χ0) is 28.1. The van der Waals surface area contributed by atoms with Crippen molar-refractivity contribution in [2.75, 3.05) is 19.7 Å². The van der Waals surface area contributed by atoms with Gasteiger partial charge in [-0.1, -0.05) is 133 Å². The minimum atomic E-state index is -0.212. The molecule has 7 rings (SSSR count). The Balaban J connectivity index is 1.59. The third-order valence-electron chi connectivity index (χ3n) is 7.67. The minimum absolute atomic E-state index is 0.212. The van der Waals surface area contributed by atoms with Gasteiger partial charge < -0.3 is 19.7 Å². The summed E-state index contributed by atoms with van der Waals surface area (Å²) >= 11 is 0. The Hall–Kier alpha value is -5.35. The topological polar surface area (TPSA) is 13.0 Å². The Bertz CT molecular complexity index is 1340. The number of para-hydroxylation sites is 4. The molecule has 0 saturated carbocycles. The van der Waals surface area contributed by atoms with E-state index in [0.717, 1.165) is 22.7 Å². The van der Waals surface area contributed by atoms with Crippen LogP contribution in [0.3, 0.4) is 0 Å². The first-order valence-electron chi connectivity index (χ1n) is 14.4. The SMILES string of the molecule is c1ccc(B2N(c3ccccc3)N(c3ccccc3)B(c3ccccc3)N(c3ccccc3)N2c2ccccc2)cc1. The Labute approximate surface area is 248 Å². The van der Waals surface area contributed by atoms with Crippen LogP contribution < -0.4 is 30.6 Å². The van der Waals surface area contributed by atoms with Crippen LogP contribution in [0.5, 0.6) is 0 Å². The van der Waals surface area contributed by atoms with Gasteiger partial charge in [0, 0.05) is 22.7 Å². The van der Waals surface area contributed by atoms with Crippen LogP contribution >= 0.6 is 0 Å². The quantitative estimate of drug-likeness (QED) is 0.220. The molecular formula is C36H30B2N4. The molecule has 1 aliphatic rings. The van der Waals surface area contributed by atoms with Gasteiger partial charge in [-0.05, 0) is 59.5 Å². The molecule has 42 heavy (non-hydrogen) atoms. The Kier molecular flexibility index (Phi) is 7.09. The monoisotopic (exact) mass is 540 g/mol. The summed E-state index contributed by atoms with van der Waals surface area (Å²) in [5.41, 5.74) is 6.77. The predicted molar refractivity (Wildman–Crippen MR) is 179 cm³/mol. The second kappa shape index (κ2) is 11.6. The summed E-state index contributed by atoms with van der Waals surface area (Å²) in [5.74, 6) is 0. The molecule has 0 amide bonds. The minimum Gasteiger partial charge on any atom is -0.309 e. The smallest absolute Gasteiger partial charge is 0.309 e. The molecule has 0 bridgehead atoms. The maximum Gasteiger partial charge on any atom is 0.449 e. The zero-order valence-electron chi connectivity index (χ0n) is 23.3. The number of hydrazine groups is 2. The maximum absolute atomic E-state index is 2.45. The summed E-state index contributed by atoms with van der Waals surface area (Å²) < 4.78 is 0. The molecule has 0 unspecified atom stereocenters. The molecule has 1 saturated heterocycles. The van der Waals surface area contributed by atoms with E-state index in [1.54, 1.807) is 0 Å². The highest BCUT2D eigenvalue weighted by Crippen LogP contribution is 2.36. The molecule has 1 heterocycles. The average Bonchev–Trinajstić information content (AvgIpc) is 3.09. The fourth-order valence-electron chi connectivity index (χ4n) is 5.88. The summed E-state index contributed by atoms with van der Waals surface area (Å²) in [4.78, 5) is 9.81. The van der Waals surface area contributed by atoms with Gasteiger partial charge in [0.1, 0.15) is 0 Å². The third-order valence-corrected chi connectivity index (χ3v) is 7.67. The van der Waals surface area contributed by atoms with Crippen LogP contribution in [0.1, 0.15) is 0 Å². The number of nitrogens with zero attached hydrogens (tertiary/aromatic N) is 4. The van der Waals surface area contributed by atoms with Gasteiger partial charge in [0.15, 0.2) is 0 Å². The van der Waals surface area contributed by atoms with Crippen LogP contribution in [0.25, 0.3) is 0 Å². The highest BCUT2D eigenvalue weighted by Gasteiger charge is 2.53. The molecule has 0 spiro atoms. The van der Waals surface area contributed by atoms with Crippen molar-refractivity contribution in [3.8, 4) is 0 Å². The fraction of sp³-hybridized carbons (Fsp3) is 0. The summed E-state index contributed by atoms with van der Waals surface area (Å²) in [7, 11) is 0. The van der Waals surface area contributed by atoms with Crippen molar-refractivity contribution < 1.29 is 0 Å². The molecular weight excluding hydrogens is 510 g/mol. The number of benzene rings is 6. The van der Waals surface area contributed by atoms with Gasteiger partial charge >= 0.3 is 14.0 Å². The first-order chi connectivity index (χ1) is 20.9. The van der Waals surface area contributed by atoms with Gasteiger partial charge in [0.05, 0.1) is 0 Å². The Morgan fingerprint density at radius 3 is 0.643 bits per heavy atom. The molecule has 1 fully saturated rings. The van der Waals surface area contributed by atoms with E-state index in [1.807, 2.05) is 0 Å². The number of hydrogen-bond donors (Lipinski definition) is 0. The molecule has 0 aliphatic carbocycles. The zero-order valence-corrected chi connectivity index (χ0v) is 23.3. The molecule has 6 heteroatoms. The van der Waals surface area contributed by atoms with Crippen molar-refractivity contribution in [3.63, 3.8) is 0 Å². The molecule has 0 radical (unpaired) electrons. The number of anilines is 4. The van der Waals surface area contributed by atoms with E-state index in [2.05, 4.69) is 202 Å². The van der Waals surface area contributed by atoms with Crippen molar-refractivity contribution in [2.45, 2.75) is 0 Å². The third kappa shape index (κ3) is 4.77. The van der Waals surface area contributed by atoms with E-state index in [9.17, 15) is 0 Å².